The van der Waals surface area contributed by atoms with Crippen molar-refractivity contribution in [2.75, 3.05) is 4.90 Å². The number of halogens is 3. The molecule has 26 heavy (non-hydrogen) atoms. The van der Waals surface area contributed by atoms with Crippen molar-refractivity contribution in [1.82, 2.24) is 5.32 Å². The molecule has 0 spiro atoms. The highest BCUT2D eigenvalue weighted by Gasteiger charge is 2.35. The van der Waals surface area contributed by atoms with Crippen LogP contribution in [0, 0.1) is 0 Å². The fourth-order valence-electron chi connectivity index (χ4n) is 2.34. The number of amides is 2. The lowest BCUT2D eigenvalue weighted by molar-refractivity contribution is -0.122. The quantitative estimate of drug-likeness (QED) is 0.389. The molecule has 0 atom stereocenters. The molecule has 0 bridgehead atoms. The highest BCUT2D eigenvalue weighted by Crippen LogP contribution is 2.34. The second-order valence-electron chi connectivity index (χ2n) is 5.23. The zero-order valence-electron chi connectivity index (χ0n) is 12.8. The van der Waals surface area contributed by atoms with Gasteiger partial charge in [-0.1, -0.05) is 45.2 Å². The van der Waals surface area contributed by atoms with Gasteiger partial charge in [0.05, 0.1) is 15.7 Å². The van der Waals surface area contributed by atoms with Gasteiger partial charge in [-0.15, -0.1) is 0 Å². The van der Waals surface area contributed by atoms with Crippen LogP contribution in [0.4, 0.5) is 5.69 Å². The molecule has 1 aliphatic rings. The largest absolute Gasteiger partial charge is 0.507 e. The molecular formula is C17H9BrCl2N2O3S. The van der Waals surface area contributed by atoms with Gasteiger partial charge in [0.15, 0.2) is 5.11 Å². The van der Waals surface area contributed by atoms with Crippen molar-refractivity contribution in [3.05, 3.63) is 62.1 Å². The molecule has 0 aliphatic carbocycles. The first-order valence-corrected chi connectivity index (χ1v) is 9.09. The van der Waals surface area contributed by atoms with E-state index in [0.717, 1.165) is 4.90 Å². The van der Waals surface area contributed by atoms with Crippen molar-refractivity contribution < 1.29 is 14.7 Å². The Labute approximate surface area is 172 Å². The normalized spacial score (nSPS) is 16.2. The van der Waals surface area contributed by atoms with Crippen LogP contribution in [0.3, 0.4) is 0 Å². The number of anilines is 1. The summed E-state index contributed by atoms with van der Waals surface area (Å²) in [6, 6.07) is 9.39. The van der Waals surface area contributed by atoms with E-state index in [9.17, 15) is 14.7 Å². The Morgan fingerprint density at radius 2 is 1.92 bits per heavy atom. The Kier molecular flexibility index (Phi) is 5.34. The van der Waals surface area contributed by atoms with Crippen LogP contribution in [0.2, 0.25) is 10.0 Å². The highest BCUT2D eigenvalue weighted by atomic mass is 79.9. The lowest BCUT2D eigenvalue weighted by Crippen LogP contribution is -2.54. The summed E-state index contributed by atoms with van der Waals surface area (Å²) in [6.07, 6.45) is 1.28. The third kappa shape index (κ3) is 3.48. The van der Waals surface area contributed by atoms with E-state index in [0.29, 0.717) is 10.0 Å². The third-order valence-corrected chi connectivity index (χ3v) is 5.15. The van der Waals surface area contributed by atoms with Crippen LogP contribution >= 0.6 is 51.3 Å². The minimum Gasteiger partial charge on any atom is -0.507 e. The summed E-state index contributed by atoms with van der Waals surface area (Å²) in [5.74, 6) is -1.43. The lowest BCUT2D eigenvalue weighted by atomic mass is 10.1. The number of benzene rings is 2. The number of carbonyl (C=O) groups excluding carboxylic acids is 2. The van der Waals surface area contributed by atoms with E-state index < -0.39 is 11.8 Å². The van der Waals surface area contributed by atoms with Gasteiger partial charge in [-0.2, -0.15) is 0 Å². The SMILES string of the molecule is O=C1NC(=S)N(c2cccc(Cl)c2Cl)C(=O)C1=Cc1cc(Br)ccc1O. The minimum absolute atomic E-state index is 0.0817. The number of phenolic OH excluding ortho intramolecular Hbond substituents is 1. The minimum atomic E-state index is -0.678. The van der Waals surface area contributed by atoms with Gasteiger partial charge in [-0.3, -0.25) is 19.8 Å². The van der Waals surface area contributed by atoms with Gasteiger partial charge >= 0.3 is 0 Å². The van der Waals surface area contributed by atoms with Gasteiger partial charge < -0.3 is 5.11 Å². The van der Waals surface area contributed by atoms with Gasteiger partial charge in [0.1, 0.15) is 11.3 Å². The summed E-state index contributed by atoms with van der Waals surface area (Å²) in [7, 11) is 0. The number of aromatic hydroxyl groups is 1. The zero-order valence-corrected chi connectivity index (χ0v) is 16.7. The van der Waals surface area contributed by atoms with Crippen LogP contribution in [0.25, 0.3) is 6.08 Å². The number of carbonyl (C=O) groups is 2. The van der Waals surface area contributed by atoms with Crippen LogP contribution in [0.15, 0.2) is 46.4 Å². The number of hydrogen-bond acceptors (Lipinski definition) is 4. The Hall–Kier alpha value is -1.93. The molecule has 2 N–H and O–H groups in total. The highest BCUT2D eigenvalue weighted by molar-refractivity contribution is 9.10. The van der Waals surface area contributed by atoms with E-state index in [1.807, 2.05) is 0 Å². The van der Waals surface area contributed by atoms with Crippen molar-refractivity contribution in [2.45, 2.75) is 0 Å². The first kappa shape index (κ1) is 18.8. The number of phenols is 1. The maximum atomic E-state index is 12.9. The van der Waals surface area contributed by atoms with Crippen LogP contribution in [0.1, 0.15) is 5.56 Å². The molecule has 0 unspecified atom stereocenters. The summed E-state index contributed by atoms with van der Waals surface area (Å²) < 4.78 is 0.677. The van der Waals surface area contributed by atoms with Gasteiger partial charge in [0.2, 0.25) is 0 Å². The molecule has 1 aliphatic heterocycles. The molecule has 0 aromatic heterocycles. The molecule has 1 saturated heterocycles. The van der Waals surface area contributed by atoms with E-state index >= 15 is 0 Å². The second-order valence-corrected chi connectivity index (χ2v) is 7.32. The fraction of sp³-hybridized carbons (Fsp3) is 0. The topological polar surface area (TPSA) is 69.6 Å². The molecular weight excluding hydrogens is 463 g/mol. The molecule has 2 amide bonds. The summed E-state index contributed by atoms with van der Waals surface area (Å²) in [4.78, 5) is 26.3. The molecule has 0 saturated carbocycles. The molecule has 1 heterocycles. The fourth-order valence-corrected chi connectivity index (χ4v) is 3.37. The molecule has 132 valence electrons. The molecule has 2 aromatic carbocycles. The van der Waals surface area contributed by atoms with Crippen molar-refractivity contribution in [3.63, 3.8) is 0 Å². The first-order valence-electron chi connectivity index (χ1n) is 7.13. The molecule has 1 fully saturated rings. The number of hydrogen-bond donors (Lipinski definition) is 2. The van der Waals surface area contributed by atoms with Gasteiger partial charge in [0.25, 0.3) is 11.8 Å². The number of rotatable bonds is 2. The molecule has 2 aromatic rings. The first-order chi connectivity index (χ1) is 12.3. The predicted molar refractivity (Wildman–Crippen MR) is 108 cm³/mol. The van der Waals surface area contributed by atoms with E-state index in [1.165, 1.54) is 12.1 Å². The third-order valence-electron chi connectivity index (χ3n) is 3.56. The maximum absolute atomic E-state index is 12.9. The van der Waals surface area contributed by atoms with Crippen molar-refractivity contribution in [3.8, 4) is 5.75 Å². The number of nitrogens with one attached hydrogen (secondary N) is 1. The van der Waals surface area contributed by atoms with Gasteiger partial charge in [-0.25, -0.2) is 0 Å². The second kappa shape index (κ2) is 7.36. The summed E-state index contributed by atoms with van der Waals surface area (Å²) in [5, 5.41) is 12.7. The Morgan fingerprint density at radius 1 is 1.19 bits per heavy atom. The number of thiocarbonyl (C=S) groups is 1. The van der Waals surface area contributed by atoms with Crippen molar-refractivity contribution in [1.29, 1.82) is 0 Å². The van der Waals surface area contributed by atoms with Gasteiger partial charge in [0, 0.05) is 10.0 Å². The zero-order chi connectivity index (χ0) is 19.0. The van der Waals surface area contributed by atoms with Crippen LogP contribution in [0.5, 0.6) is 5.75 Å². The standard InChI is InChI=1S/C17H9BrCl2N2O3S/c18-9-4-5-13(23)8(6-9)7-10-15(24)21-17(26)22(16(10)25)12-3-1-2-11(19)14(12)20/h1-7,23H,(H,21,24,26). The molecule has 3 rings (SSSR count). The average molecular weight is 472 g/mol. The summed E-state index contributed by atoms with van der Waals surface area (Å²) >= 11 is 20.6. The maximum Gasteiger partial charge on any atom is 0.270 e. The Balaban J connectivity index is 2.10. The van der Waals surface area contributed by atoms with E-state index in [1.54, 1.807) is 30.3 Å². The van der Waals surface area contributed by atoms with Crippen molar-refractivity contribution >= 4 is 80.0 Å². The summed E-state index contributed by atoms with van der Waals surface area (Å²) in [5.41, 5.74) is 0.337. The van der Waals surface area contributed by atoms with Crippen LogP contribution in [-0.2, 0) is 9.59 Å². The average Bonchev–Trinajstić information content (AvgIpc) is 2.58. The van der Waals surface area contributed by atoms with Gasteiger partial charge in [-0.05, 0) is 48.6 Å². The van der Waals surface area contributed by atoms with E-state index in [-0.39, 0.29) is 32.2 Å². The van der Waals surface area contributed by atoms with E-state index in [4.69, 9.17) is 35.4 Å². The predicted octanol–water partition coefficient (Wildman–Crippen LogP) is 4.29. The lowest BCUT2D eigenvalue weighted by Gasteiger charge is -2.29. The van der Waals surface area contributed by atoms with Crippen molar-refractivity contribution in [2.24, 2.45) is 0 Å². The molecule has 5 nitrogen and oxygen atoms in total. The summed E-state index contributed by atoms with van der Waals surface area (Å²) in [6.45, 7) is 0. The van der Waals surface area contributed by atoms with E-state index in [2.05, 4.69) is 21.2 Å². The smallest absolute Gasteiger partial charge is 0.270 e. The van der Waals surface area contributed by atoms with Crippen LogP contribution in [-0.4, -0.2) is 22.0 Å². The molecule has 9 heteroatoms. The van der Waals surface area contributed by atoms with Crippen LogP contribution < -0.4 is 10.2 Å². The Bertz CT molecular complexity index is 994. The Morgan fingerprint density at radius 3 is 2.65 bits per heavy atom. The molecule has 0 radical (unpaired) electrons. The number of nitrogens with zero attached hydrogens (tertiary/aromatic N) is 1. The monoisotopic (exact) mass is 470 g/mol.